The molecule has 1 aromatic rings. The Kier molecular flexibility index (Phi) is 5.52. The number of nitrogens with one attached hydrogen (secondary N) is 1. The van der Waals surface area contributed by atoms with Gasteiger partial charge >= 0.3 is 0 Å². The molecule has 2 heteroatoms. The zero-order valence-corrected chi connectivity index (χ0v) is 12.0. The smallest absolute Gasteiger partial charge is 0.0450 e. The van der Waals surface area contributed by atoms with Gasteiger partial charge in [0.15, 0.2) is 0 Å². The van der Waals surface area contributed by atoms with Crippen molar-refractivity contribution in [3.05, 3.63) is 34.9 Å². The normalized spacial score (nSPS) is 19.4. The van der Waals surface area contributed by atoms with Crippen molar-refractivity contribution in [1.29, 1.82) is 0 Å². The number of hydrogen-bond acceptors (Lipinski definition) is 1. The van der Waals surface area contributed by atoms with Crippen LogP contribution in [0.15, 0.2) is 24.3 Å². The topological polar surface area (TPSA) is 12.0 Å². The lowest BCUT2D eigenvalue weighted by atomic mass is 9.93. The molecule has 18 heavy (non-hydrogen) atoms. The fraction of sp³-hybridized carbons (Fsp3) is 0.625. The van der Waals surface area contributed by atoms with Crippen LogP contribution in [0.5, 0.6) is 0 Å². The lowest BCUT2D eigenvalue weighted by Crippen LogP contribution is -2.33. The maximum Gasteiger partial charge on any atom is 0.0450 e. The van der Waals surface area contributed by atoms with Gasteiger partial charge in [-0.1, -0.05) is 55.5 Å². The third kappa shape index (κ3) is 4.00. The second-order valence-corrected chi connectivity index (χ2v) is 5.92. The third-order valence-electron chi connectivity index (χ3n) is 4.18. The molecule has 0 unspecified atom stereocenters. The number of rotatable bonds is 4. The van der Waals surface area contributed by atoms with Gasteiger partial charge in [0.1, 0.15) is 0 Å². The molecular weight excluding hydrogens is 242 g/mol. The molecule has 1 aromatic carbocycles. The molecule has 0 saturated heterocycles. The maximum atomic E-state index is 6.18. The summed E-state index contributed by atoms with van der Waals surface area (Å²) in [4.78, 5) is 0. The van der Waals surface area contributed by atoms with E-state index in [1.807, 2.05) is 12.1 Å². The zero-order chi connectivity index (χ0) is 12.8. The van der Waals surface area contributed by atoms with Gasteiger partial charge in [-0.3, -0.25) is 0 Å². The molecule has 0 bridgehead atoms. The van der Waals surface area contributed by atoms with E-state index in [0.29, 0.717) is 6.04 Å². The van der Waals surface area contributed by atoms with Gasteiger partial charge < -0.3 is 5.32 Å². The molecule has 1 nitrogen and oxygen atoms in total. The van der Waals surface area contributed by atoms with Gasteiger partial charge in [0.05, 0.1) is 0 Å². The first-order chi connectivity index (χ1) is 8.77. The van der Waals surface area contributed by atoms with E-state index < -0.39 is 0 Å². The summed E-state index contributed by atoms with van der Waals surface area (Å²) in [5.41, 5.74) is 1.21. The average molecular weight is 266 g/mol. The van der Waals surface area contributed by atoms with Gasteiger partial charge in [-0.15, -0.1) is 0 Å². The summed E-state index contributed by atoms with van der Waals surface area (Å²) >= 11 is 6.18. The summed E-state index contributed by atoms with van der Waals surface area (Å²) < 4.78 is 0. The summed E-state index contributed by atoms with van der Waals surface area (Å²) in [6.45, 7) is 3.21. The van der Waals surface area contributed by atoms with Crippen molar-refractivity contribution in [1.82, 2.24) is 5.32 Å². The highest BCUT2D eigenvalue weighted by Gasteiger charge is 2.18. The Morgan fingerprint density at radius 1 is 1.17 bits per heavy atom. The third-order valence-corrected chi connectivity index (χ3v) is 4.55. The molecule has 0 amide bonds. The minimum Gasteiger partial charge on any atom is -0.310 e. The van der Waals surface area contributed by atoms with Crippen molar-refractivity contribution in [2.45, 2.75) is 58.0 Å². The Bertz CT molecular complexity index is 356. The van der Waals surface area contributed by atoms with Gasteiger partial charge in [0.2, 0.25) is 0 Å². The van der Waals surface area contributed by atoms with Crippen molar-refractivity contribution in [3.8, 4) is 0 Å². The van der Waals surface area contributed by atoms with Gasteiger partial charge in [-0.25, -0.2) is 0 Å². The van der Waals surface area contributed by atoms with E-state index >= 15 is 0 Å². The molecule has 0 aliphatic heterocycles. The quantitative estimate of drug-likeness (QED) is 0.772. The lowest BCUT2D eigenvalue weighted by Gasteiger charge is -2.24. The van der Waals surface area contributed by atoms with E-state index in [9.17, 15) is 0 Å². The monoisotopic (exact) mass is 265 g/mol. The summed E-state index contributed by atoms with van der Waals surface area (Å²) in [5, 5.41) is 4.53. The highest BCUT2D eigenvalue weighted by molar-refractivity contribution is 6.31. The Morgan fingerprint density at radius 3 is 2.50 bits per heavy atom. The first-order valence-corrected chi connectivity index (χ1v) is 7.62. The van der Waals surface area contributed by atoms with Crippen LogP contribution in [-0.2, 0) is 6.54 Å². The molecule has 1 N–H and O–H groups in total. The van der Waals surface area contributed by atoms with E-state index in [1.165, 1.54) is 44.1 Å². The molecule has 0 radical (unpaired) electrons. The van der Waals surface area contributed by atoms with Gasteiger partial charge in [0.25, 0.3) is 0 Å². The molecule has 1 aliphatic rings. The second-order valence-electron chi connectivity index (χ2n) is 5.51. The first kappa shape index (κ1) is 13.9. The van der Waals surface area contributed by atoms with Crippen LogP contribution in [0.3, 0.4) is 0 Å². The molecule has 0 aromatic heterocycles. The van der Waals surface area contributed by atoms with E-state index in [0.717, 1.165) is 17.5 Å². The minimum absolute atomic E-state index is 0.597. The van der Waals surface area contributed by atoms with E-state index in [4.69, 9.17) is 11.6 Å². The molecule has 100 valence electrons. The molecule has 0 spiro atoms. The summed E-state index contributed by atoms with van der Waals surface area (Å²) in [6, 6.07) is 8.71. The standard InChI is InChI=1S/C16H24ClN/c1-13(14-8-4-2-3-5-9-14)18-12-15-10-6-7-11-16(15)17/h6-7,10-11,13-14,18H,2-5,8-9,12H2,1H3/t13-/m1/s1. The van der Waals surface area contributed by atoms with Crippen LogP contribution >= 0.6 is 11.6 Å². The van der Waals surface area contributed by atoms with Gasteiger partial charge in [0, 0.05) is 17.6 Å². The number of hydrogen-bond donors (Lipinski definition) is 1. The van der Waals surface area contributed by atoms with Crippen LogP contribution in [-0.4, -0.2) is 6.04 Å². The molecule has 0 heterocycles. The summed E-state index contributed by atoms with van der Waals surface area (Å²) in [5.74, 6) is 0.843. The minimum atomic E-state index is 0.597. The molecule has 1 saturated carbocycles. The van der Waals surface area contributed by atoms with Crippen molar-refractivity contribution in [3.63, 3.8) is 0 Å². The first-order valence-electron chi connectivity index (χ1n) is 7.24. The average Bonchev–Trinajstić information content (AvgIpc) is 2.66. The predicted octanol–water partition coefficient (Wildman–Crippen LogP) is 4.79. The van der Waals surface area contributed by atoms with Crippen LogP contribution in [0.2, 0.25) is 5.02 Å². The second kappa shape index (κ2) is 7.16. The largest absolute Gasteiger partial charge is 0.310 e. The SMILES string of the molecule is C[C@@H](NCc1ccccc1Cl)C1CCCCCC1. The fourth-order valence-electron chi connectivity index (χ4n) is 2.89. The van der Waals surface area contributed by atoms with Crippen LogP contribution in [0.1, 0.15) is 51.0 Å². The van der Waals surface area contributed by atoms with Crippen molar-refractivity contribution < 1.29 is 0 Å². The molecule has 1 atom stereocenters. The Hall–Kier alpha value is -0.530. The fourth-order valence-corrected chi connectivity index (χ4v) is 3.09. The summed E-state index contributed by atoms with van der Waals surface area (Å²) in [7, 11) is 0. The highest BCUT2D eigenvalue weighted by Crippen LogP contribution is 2.25. The lowest BCUT2D eigenvalue weighted by molar-refractivity contribution is 0.336. The van der Waals surface area contributed by atoms with Crippen LogP contribution in [0.4, 0.5) is 0 Å². The Labute approximate surface area is 116 Å². The van der Waals surface area contributed by atoms with Crippen LogP contribution in [0.25, 0.3) is 0 Å². The Morgan fingerprint density at radius 2 is 1.83 bits per heavy atom. The molecule has 1 fully saturated rings. The highest BCUT2D eigenvalue weighted by atomic mass is 35.5. The van der Waals surface area contributed by atoms with Crippen molar-refractivity contribution >= 4 is 11.6 Å². The molecule has 2 rings (SSSR count). The number of benzene rings is 1. The van der Waals surface area contributed by atoms with Crippen LogP contribution < -0.4 is 5.32 Å². The summed E-state index contributed by atoms with van der Waals surface area (Å²) in [6.07, 6.45) is 8.43. The zero-order valence-electron chi connectivity index (χ0n) is 11.3. The predicted molar refractivity (Wildman–Crippen MR) is 78.9 cm³/mol. The van der Waals surface area contributed by atoms with E-state index in [-0.39, 0.29) is 0 Å². The molecule has 1 aliphatic carbocycles. The maximum absolute atomic E-state index is 6.18. The van der Waals surface area contributed by atoms with E-state index in [1.54, 1.807) is 0 Å². The number of halogens is 1. The molecular formula is C16H24ClN. The van der Waals surface area contributed by atoms with Crippen molar-refractivity contribution in [2.75, 3.05) is 0 Å². The van der Waals surface area contributed by atoms with Gasteiger partial charge in [-0.05, 0) is 37.3 Å². The Balaban J connectivity index is 1.83. The van der Waals surface area contributed by atoms with Gasteiger partial charge in [-0.2, -0.15) is 0 Å². The van der Waals surface area contributed by atoms with Crippen LogP contribution in [0, 0.1) is 5.92 Å². The van der Waals surface area contributed by atoms with E-state index in [2.05, 4.69) is 24.4 Å². The van der Waals surface area contributed by atoms with Crippen molar-refractivity contribution in [2.24, 2.45) is 5.92 Å².